The summed E-state index contributed by atoms with van der Waals surface area (Å²) in [5, 5.41) is 0. The number of rotatable bonds is 3. The van der Waals surface area contributed by atoms with Gasteiger partial charge in [0.1, 0.15) is 0 Å². The molecular formula is C6H15I3N-. The molecule has 0 amide bonds. The molecule has 0 aromatic carbocycles. The first-order valence-corrected chi connectivity index (χ1v) is 15.9. The van der Waals surface area contributed by atoms with E-state index >= 15 is 0 Å². The van der Waals surface area contributed by atoms with Crippen LogP contribution in [0, 0.1) is 0 Å². The van der Waals surface area contributed by atoms with Crippen LogP contribution in [0.2, 0.25) is 0 Å². The topological polar surface area (TPSA) is 3.24 Å². The van der Waals surface area contributed by atoms with Gasteiger partial charge in [-0.3, -0.25) is 0 Å². The van der Waals surface area contributed by atoms with Gasteiger partial charge in [-0.15, -0.1) is 0 Å². The summed E-state index contributed by atoms with van der Waals surface area (Å²) in [7, 11) is 0. The molecule has 0 heterocycles. The van der Waals surface area contributed by atoms with Crippen LogP contribution >= 0.6 is 37.2 Å². The maximum absolute atomic E-state index is 2.39. The summed E-state index contributed by atoms with van der Waals surface area (Å²) in [6, 6.07) is 0. The zero-order valence-electron chi connectivity index (χ0n) is 6.70. The molecule has 10 heavy (non-hydrogen) atoms. The van der Waals surface area contributed by atoms with Gasteiger partial charge in [0.25, 0.3) is 0 Å². The quantitative estimate of drug-likeness (QED) is 0.518. The second-order valence-electron chi connectivity index (χ2n) is 1.67. The van der Waals surface area contributed by atoms with Crippen LogP contribution in [0.15, 0.2) is 0 Å². The van der Waals surface area contributed by atoms with E-state index in [0.717, 1.165) is 0 Å². The molecule has 0 N–H and O–H groups in total. The van der Waals surface area contributed by atoms with Crippen LogP contribution in [0.3, 0.4) is 0 Å². The van der Waals surface area contributed by atoms with Crippen molar-refractivity contribution in [3.05, 3.63) is 0 Å². The van der Waals surface area contributed by atoms with E-state index in [9.17, 15) is 0 Å². The average molecular weight is 482 g/mol. The van der Waals surface area contributed by atoms with Crippen molar-refractivity contribution in [3.63, 3.8) is 0 Å². The monoisotopic (exact) mass is 482 g/mol. The van der Waals surface area contributed by atoms with Gasteiger partial charge >= 0.3 is 50.5 Å². The Balaban J connectivity index is 0. The Kier molecular flexibility index (Phi) is 20.1. The van der Waals surface area contributed by atoms with E-state index in [2.05, 4.69) is 62.9 Å². The summed E-state index contributed by atoms with van der Waals surface area (Å²) in [5.41, 5.74) is 0. The zero-order valence-corrected chi connectivity index (χ0v) is 13.2. The van der Waals surface area contributed by atoms with Gasteiger partial charge in [-0.05, 0) is 19.6 Å². The Morgan fingerprint density at radius 3 is 1.20 bits per heavy atom. The molecule has 0 saturated carbocycles. The molecule has 4 heteroatoms. The maximum atomic E-state index is 2.39. The summed E-state index contributed by atoms with van der Waals surface area (Å²) in [5.74, 6) is 0. The van der Waals surface area contributed by atoms with Crippen molar-refractivity contribution >= 4 is 37.2 Å². The molecule has 0 atom stereocenters. The van der Waals surface area contributed by atoms with Gasteiger partial charge < -0.3 is 4.90 Å². The Hall–Kier alpha value is 2.15. The van der Waals surface area contributed by atoms with Crippen molar-refractivity contribution in [2.75, 3.05) is 19.6 Å². The molecule has 0 saturated heterocycles. The molecule has 0 spiro atoms. The second-order valence-corrected chi connectivity index (χ2v) is 17.9. The van der Waals surface area contributed by atoms with Crippen LogP contribution in [0.4, 0.5) is 0 Å². The van der Waals surface area contributed by atoms with Crippen LogP contribution in [0.1, 0.15) is 20.8 Å². The molecule has 0 aliphatic rings. The molecule has 1 nitrogen and oxygen atoms in total. The predicted octanol–water partition coefficient (Wildman–Crippen LogP) is 0.124. The molecule has 0 fully saturated rings. The van der Waals surface area contributed by atoms with Gasteiger partial charge in [0.2, 0.25) is 0 Å². The summed E-state index contributed by atoms with van der Waals surface area (Å²) >= 11 is 5.30. The van der Waals surface area contributed by atoms with Crippen LogP contribution in [0.5, 0.6) is 0 Å². The number of nitrogens with zero attached hydrogens (tertiary/aromatic N) is 1. The first kappa shape index (κ1) is 14.7. The van der Waals surface area contributed by atoms with Crippen LogP contribution < -0.4 is 13.3 Å². The molecule has 0 aliphatic heterocycles. The molecule has 0 radical (unpaired) electrons. The minimum absolute atomic E-state index is 0.530. The standard InChI is InChI=1S/C6H15N.I3/c1-4-7(5-2)6-3;1-3-2/h4-6H2,1-3H3;/q;-1. The van der Waals surface area contributed by atoms with E-state index in [1.54, 1.807) is 0 Å². The predicted molar refractivity (Wildman–Crippen MR) is 61.5 cm³/mol. The fraction of sp³-hybridized carbons (Fsp3) is 1.00. The van der Waals surface area contributed by atoms with Crippen molar-refractivity contribution < 1.29 is 13.3 Å². The zero-order chi connectivity index (χ0) is 8.41. The molecule has 0 rings (SSSR count). The van der Waals surface area contributed by atoms with Crippen molar-refractivity contribution in [2.24, 2.45) is 0 Å². The van der Waals surface area contributed by atoms with E-state index < -0.39 is 0 Å². The molecule has 0 aliphatic carbocycles. The van der Waals surface area contributed by atoms with Crippen LogP contribution in [0.25, 0.3) is 0 Å². The van der Waals surface area contributed by atoms with Gasteiger partial charge in [0.05, 0.1) is 0 Å². The van der Waals surface area contributed by atoms with Crippen LogP contribution in [-0.4, -0.2) is 24.5 Å². The third-order valence-electron chi connectivity index (χ3n) is 1.34. The van der Waals surface area contributed by atoms with Gasteiger partial charge in [-0.2, -0.15) is 0 Å². The fourth-order valence-electron chi connectivity index (χ4n) is 0.671. The van der Waals surface area contributed by atoms with E-state index in [0.29, 0.717) is 13.3 Å². The normalized spacial score (nSPS) is 9.40. The Morgan fingerprint density at radius 2 is 1.20 bits per heavy atom. The number of halogens is 3. The molecular weight excluding hydrogens is 467 g/mol. The van der Waals surface area contributed by atoms with Crippen LogP contribution in [-0.2, 0) is 0 Å². The molecule has 0 aromatic heterocycles. The molecule has 0 unspecified atom stereocenters. The molecule has 0 aromatic rings. The Morgan fingerprint density at radius 1 is 1.00 bits per heavy atom. The van der Waals surface area contributed by atoms with Gasteiger partial charge in [0, 0.05) is 0 Å². The Labute approximate surface area is 94.3 Å². The first-order chi connectivity index (χ1) is 4.76. The minimum atomic E-state index is 0.530. The number of hydrogen-bond donors (Lipinski definition) is 0. The third kappa shape index (κ3) is 12.8. The third-order valence-corrected chi connectivity index (χ3v) is 1.34. The van der Waals surface area contributed by atoms with E-state index in [1.165, 1.54) is 19.6 Å². The summed E-state index contributed by atoms with van der Waals surface area (Å²) in [4.78, 5) is 2.38. The van der Waals surface area contributed by atoms with Gasteiger partial charge in [-0.25, -0.2) is 0 Å². The fourth-order valence-corrected chi connectivity index (χ4v) is 0.671. The SMILES string of the molecule is CCN(CC)CC.I[I-]I. The van der Waals surface area contributed by atoms with E-state index in [-0.39, 0.29) is 0 Å². The summed E-state index contributed by atoms with van der Waals surface area (Å²) < 4.78 is 0. The second kappa shape index (κ2) is 13.7. The number of hydrogen-bond acceptors (Lipinski definition) is 1. The van der Waals surface area contributed by atoms with Gasteiger partial charge in [0.15, 0.2) is 0 Å². The van der Waals surface area contributed by atoms with E-state index in [4.69, 9.17) is 0 Å². The summed E-state index contributed by atoms with van der Waals surface area (Å²) in [6.45, 7) is 10.1. The van der Waals surface area contributed by atoms with Crippen molar-refractivity contribution in [1.82, 2.24) is 4.90 Å². The van der Waals surface area contributed by atoms with Crippen molar-refractivity contribution in [3.8, 4) is 0 Å². The van der Waals surface area contributed by atoms with Crippen molar-refractivity contribution in [2.45, 2.75) is 20.8 Å². The first-order valence-electron chi connectivity index (χ1n) is 3.36. The molecule has 66 valence electrons. The summed E-state index contributed by atoms with van der Waals surface area (Å²) in [6.07, 6.45) is 0. The Bertz CT molecular complexity index is 42.7. The van der Waals surface area contributed by atoms with Crippen molar-refractivity contribution in [1.29, 1.82) is 0 Å². The van der Waals surface area contributed by atoms with Gasteiger partial charge in [-0.1, -0.05) is 20.8 Å². The average Bonchev–Trinajstić information content (AvgIpc) is 1.93. The molecule has 0 bridgehead atoms. The van der Waals surface area contributed by atoms with E-state index in [1.807, 2.05) is 0 Å².